The summed E-state index contributed by atoms with van der Waals surface area (Å²) in [6.45, 7) is 6.63. The first-order valence-electron chi connectivity index (χ1n) is 5.80. The second-order valence-corrected chi connectivity index (χ2v) is 4.62. The van der Waals surface area contributed by atoms with Gasteiger partial charge in [-0.1, -0.05) is 0 Å². The summed E-state index contributed by atoms with van der Waals surface area (Å²) in [7, 11) is 2.04. The standard InChI is InChI=1S/C11H23N3O.ClH/c1-9(2)13-11(15)8-14(3)10-4-6-12-7-5-10;/h9-10,12H,4-8H2,1-3H3,(H,13,15);1H. The van der Waals surface area contributed by atoms with E-state index in [1.807, 2.05) is 20.9 Å². The number of amides is 1. The van der Waals surface area contributed by atoms with E-state index in [-0.39, 0.29) is 24.4 Å². The third-order valence-electron chi connectivity index (χ3n) is 2.77. The van der Waals surface area contributed by atoms with E-state index >= 15 is 0 Å². The van der Waals surface area contributed by atoms with Crippen molar-refractivity contribution in [2.24, 2.45) is 0 Å². The van der Waals surface area contributed by atoms with Gasteiger partial charge in [-0.25, -0.2) is 0 Å². The Bertz CT molecular complexity index is 205. The predicted octanol–water partition coefficient (Wildman–Crippen LogP) is 0.617. The summed E-state index contributed by atoms with van der Waals surface area (Å²) in [5, 5.41) is 6.24. The van der Waals surface area contributed by atoms with Crippen molar-refractivity contribution in [2.45, 2.75) is 38.8 Å². The predicted molar refractivity (Wildman–Crippen MR) is 69.0 cm³/mol. The van der Waals surface area contributed by atoms with Crippen LogP contribution in [-0.2, 0) is 4.79 Å². The zero-order chi connectivity index (χ0) is 11.3. The van der Waals surface area contributed by atoms with Crippen LogP contribution in [0.5, 0.6) is 0 Å². The molecular weight excluding hydrogens is 226 g/mol. The number of piperidine rings is 1. The number of rotatable bonds is 4. The summed E-state index contributed by atoms with van der Waals surface area (Å²) in [5.41, 5.74) is 0. The van der Waals surface area contributed by atoms with E-state index in [1.165, 1.54) is 0 Å². The topological polar surface area (TPSA) is 44.4 Å². The van der Waals surface area contributed by atoms with Crippen LogP contribution in [0, 0.1) is 0 Å². The van der Waals surface area contributed by atoms with Gasteiger partial charge in [0.2, 0.25) is 5.91 Å². The van der Waals surface area contributed by atoms with E-state index < -0.39 is 0 Å². The fourth-order valence-electron chi connectivity index (χ4n) is 1.97. The minimum absolute atomic E-state index is 0. The van der Waals surface area contributed by atoms with Crippen molar-refractivity contribution < 1.29 is 4.79 Å². The highest BCUT2D eigenvalue weighted by Gasteiger charge is 2.19. The van der Waals surface area contributed by atoms with Gasteiger partial charge in [0.15, 0.2) is 0 Å². The van der Waals surface area contributed by atoms with Crippen LogP contribution in [0.2, 0.25) is 0 Å². The van der Waals surface area contributed by atoms with Gasteiger partial charge in [-0.05, 0) is 46.8 Å². The molecule has 1 saturated heterocycles. The SMILES string of the molecule is CC(C)NC(=O)CN(C)C1CCNCC1.Cl. The Labute approximate surface area is 105 Å². The smallest absolute Gasteiger partial charge is 0.234 e. The van der Waals surface area contributed by atoms with E-state index in [0.717, 1.165) is 25.9 Å². The Hall–Kier alpha value is -0.320. The maximum atomic E-state index is 11.5. The zero-order valence-corrected chi connectivity index (χ0v) is 11.3. The molecule has 1 aliphatic heterocycles. The number of hydrogen-bond acceptors (Lipinski definition) is 3. The molecule has 1 heterocycles. The van der Waals surface area contributed by atoms with Crippen molar-refractivity contribution in [3.05, 3.63) is 0 Å². The molecule has 0 aromatic rings. The Balaban J connectivity index is 0.00000225. The molecular formula is C11H24ClN3O. The molecule has 1 amide bonds. The van der Waals surface area contributed by atoms with Crippen LogP contribution in [-0.4, -0.2) is 49.6 Å². The van der Waals surface area contributed by atoms with Crippen molar-refractivity contribution in [3.63, 3.8) is 0 Å². The summed E-state index contributed by atoms with van der Waals surface area (Å²) in [4.78, 5) is 13.7. The number of nitrogens with one attached hydrogen (secondary N) is 2. The lowest BCUT2D eigenvalue weighted by Gasteiger charge is -2.31. The Morgan fingerprint density at radius 2 is 2.00 bits per heavy atom. The van der Waals surface area contributed by atoms with Crippen molar-refractivity contribution in [3.8, 4) is 0 Å². The fraction of sp³-hybridized carbons (Fsp3) is 0.909. The summed E-state index contributed by atoms with van der Waals surface area (Å²) >= 11 is 0. The highest BCUT2D eigenvalue weighted by Crippen LogP contribution is 2.08. The molecule has 4 nitrogen and oxygen atoms in total. The summed E-state index contributed by atoms with van der Waals surface area (Å²) in [5.74, 6) is 0.131. The molecule has 0 aromatic carbocycles. The molecule has 0 radical (unpaired) electrons. The summed E-state index contributed by atoms with van der Waals surface area (Å²) < 4.78 is 0. The normalized spacial score (nSPS) is 17.3. The van der Waals surface area contributed by atoms with Crippen LogP contribution >= 0.6 is 12.4 Å². The molecule has 1 rings (SSSR count). The van der Waals surface area contributed by atoms with Crippen LogP contribution in [0.4, 0.5) is 0 Å². The minimum Gasteiger partial charge on any atom is -0.353 e. The quantitative estimate of drug-likeness (QED) is 0.768. The first kappa shape index (κ1) is 15.7. The molecule has 5 heteroatoms. The third-order valence-corrected chi connectivity index (χ3v) is 2.77. The molecule has 2 N–H and O–H groups in total. The largest absolute Gasteiger partial charge is 0.353 e. The number of nitrogens with zero attached hydrogens (tertiary/aromatic N) is 1. The minimum atomic E-state index is 0. The van der Waals surface area contributed by atoms with Gasteiger partial charge in [0.1, 0.15) is 0 Å². The van der Waals surface area contributed by atoms with Gasteiger partial charge in [-0.2, -0.15) is 0 Å². The van der Waals surface area contributed by atoms with E-state index in [4.69, 9.17) is 0 Å². The monoisotopic (exact) mass is 249 g/mol. The van der Waals surface area contributed by atoms with Crippen LogP contribution in [0.25, 0.3) is 0 Å². The van der Waals surface area contributed by atoms with E-state index in [1.54, 1.807) is 0 Å². The molecule has 16 heavy (non-hydrogen) atoms. The number of carbonyl (C=O) groups is 1. The van der Waals surface area contributed by atoms with E-state index in [9.17, 15) is 4.79 Å². The Morgan fingerprint density at radius 1 is 1.44 bits per heavy atom. The van der Waals surface area contributed by atoms with Crippen molar-refractivity contribution in [1.29, 1.82) is 0 Å². The molecule has 96 valence electrons. The van der Waals surface area contributed by atoms with Crippen LogP contribution < -0.4 is 10.6 Å². The third kappa shape index (κ3) is 5.68. The fourth-order valence-corrected chi connectivity index (χ4v) is 1.97. The lowest BCUT2D eigenvalue weighted by atomic mass is 10.1. The van der Waals surface area contributed by atoms with Gasteiger partial charge >= 0.3 is 0 Å². The second kappa shape index (κ2) is 7.87. The maximum absolute atomic E-state index is 11.5. The van der Waals surface area contributed by atoms with Gasteiger partial charge in [-0.3, -0.25) is 9.69 Å². The highest BCUT2D eigenvalue weighted by atomic mass is 35.5. The van der Waals surface area contributed by atoms with Crippen molar-refractivity contribution >= 4 is 18.3 Å². The van der Waals surface area contributed by atoms with Crippen LogP contribution in [0.15, 0.2) is 0 Å². The molecule has 0 aromatic heterocycles. The number of likely N-dealkylation sites (N-methyl/N-ethyl adjacent to an activating group) is 1. The Kier molecular flexibility index (Phi) is 7.72. The van der Waals surface area contributed by atoms with Crippen LogP contribution in [0.1, 0.15) is 26.7 Å². The van der Waals surface area contributed by atoms with Crippen molar-refractivity contribution in [2.75, 3.05) is 26.7 Å². The molecule has 0 atom stereocenters. The molecule has 0 bridgehead atoms. The molecule has 1 fully saturated rings. The van der Waals surface area contributed by atoms with Gasteiger partial charge in [0.25, 0.3) is 0 Å². The average Bonchev–Trinajstić information content (AvgIpc) is 2.17. The van der Waals surface area contributed by atoms with E-state index in [0.29, 0.717) is 12.6 Å². The molecule has 0 aliphatic carbocycles. The zero-order valence-electron chi connectivity index (χ0n) is 10.5. The number of hydrogen-bond donors (Lipinski definition) is 2. The molecule has 0 saturated carbocycles. The molecule has 0 unspecified atom stereocenters. The average molecular weight is 250 g/mol. The van der Waals surface area contributed by atoms with Gasteiger partial charge in [-0.15, -0.1) is 12.4 Å². The van der Waals surface area contributed by atoms with Crippen LogP contribution in [0.3, 0.4) is 0 Å². The highest BCUT2D eigenvalue weighted by molar-refractivity contribution is 5.85. The summed E-state index contributed by atoms with van der Waals surface area (Å²) in [6, 6.07) is 0.795. The second-order valence-electron chi connectivity index (χ2n) is 4.62. The Morgan fingerprint density at radius 3 is 2.50 bits per heavy atom. The maximum Gasteiger partial charge on any atom is 0.234 e. The van der Waals surface area contributed by atoms with Gasteiger partial charge in [0.05, 0.1) is 6.54 Å². The first-order chi connectivity index (χ1) is 7.09. The number of halogens is 1. The first-order valence-corrected chi connectivity index (χ1v) is 5.80. The van der Waals surface area contributed by atoms with E-state index in [2.05, 4.69) is 15.5 Å². The molecule has 1 aliphatic rings. The lowest BCUT2D eigenvalue weighted by Crippen LogP contribution is -2.46. The summed E-state index contributed by atoms with van der Waals surface area (Å²) in [6.07, 6.45) is 2.29. The number of carbonyl (C=O) groups excluding carboxylic acids is 1. The van der Waals surface area contributed by atoms with Gasteiger partial charge in [0, 0.05) is 12.1 Å². The van der Waals surface area contributed by atoms with Gasteiger partial charge < -0.3 is 10.6 Å². The molecule has 0 spiro atoms. The lowest BCUT2D eigenvalue weighted by molar-refractivity contribution is -0.123. The van der Waals surface area contributed by atoms with Crippen molar-refractivity contribution in [1.82, 2.24) is 15.5 Å².